The number of urea groups is 1. The first-order valence-electron chi connectivity index (χ1n) is 9.44. The van der Waals surface area contributed by atoms with Crippen LogP contribution >= 0.6 is 0 Å². The van der Waals surface area contributed by atoms with Crippen LogP contribution in [0.5, 0.6) is 0 Å². The molecule has 0 radical (unpaired) electrons. The van der Waals surface area contributed by atoms with E-state index in [1.165, 1.54) is 31.7 Å². The van der Waals surface area contributed by atoms with E-state index in [1.807, 2.05) is 0 Å². The maximum Gasteiger partial charge on any atom is 0.416 e. The first-order chi connectivity index (χ1) is 12.8. The Hall–Kier alpha value is -1.96. The lowest BCUT2D eigenvalue weighted by atomic mass is 10.1. The van der Waals surface area contributed by atoms with Crippen LogP contribution in [0, 0.1) is 0 Å². The van der Waals surface area contributed by atoms with E-state index < -0.39 is 11.7 Å². The Morgan fingerprint density at radius 2 is 1.74 bits per heavy atom. The molecule has 2 aliphatic rings. The van der Waals surface area contributed by atoms with Gasteiger partial charge in [0.2, 0.25) is 0 Å². The van der Waals surface area contributed by atoms with Crippen molar-refractivity contribution in [1.29, 1.82) is 0 Å². The van der Waals surface area contributed by atoms with Crippen LogP contribution in [0.3, 0.4) is 0 Å². The van der Waals surface area contributed by atoms with Crippen molar-refractivity contribution in [3.8, 4) is 0 Å². The Labute approximate surface area is 158 Å². The lowest BCUT2D eigenvalue weighted by Gasteiger charge is -2.38. The van der Waals surface area contributed by atoms with Gasteiger partial charge in [0.25, 0.3) is 0 Å². The van der Waals surface area contributed by atoms with Gasteiger partial charge in [0, 0.05) is 46.3 Å². The number of benzene rings is 1. The van der Waals surface area contributed by atoms with Crippen molar-refractivity contribution < 1.29 is 18.0 Å². The Morgan fingerprint density at radius 1 is 1.11 bits per heavy atom. The van der Waals surface area contributed by atoms with Gasteiger partial charge in [-0.1, -0.05) is 12.8 Å². The van der Waals surface area contributed by atoms with E-state index >= 15 is 0 Å². The van der Waals surface area contributed by atoms with Crippen LogP contribution in [-0.2, 0) is 6.18 Å². The molecule has 1 heterocycles. The molecule has 0 bridgehead atoms. The third-order valence-corrected chi connectivity index (χ3v) is 5.49. The first kappa shape index (κ1) is 19.8. The highest BCUT2D eigenvalue weighted by atomic mass is 19.4. The second kappa shape index (κ2) is 7.96. The molecule has 0 spiro atoms. The molecule has 150 valence electrons. The van der Waals surface area contributed by atoms with E-state index in [4.69, 9.17) is 0 Å². The average Bonchev–Trinajstić information content (AvgIpc) is 3.15. The minimum absolute atomic E-state index is 0.179. The molecule has 1 aliphatic carbocycles. The second-order valence-electron chi connectivity index (χ2n) is 7.52. The minimum Gasteiger partial charge on any atom is -0.376 e. The van der Waals surface area contributed by atoms with Crippen molar-refractivity contribution >= 4 is 17.4 Å². The van der Waals surface area contributed by atoms with Gasteiger partial charge < -0.3 is 15.1 Å². The molecule has 1 saturated heterocycles. The van der Waals surface area contributed by atoms with E-state index in [0.717, 1.165) is 25.2 Å². The molecule has 3 rings (SSSR count). The third kappa shape index (κ3) is 4.66. The summed E-state index contributed by atoms with van der Waals surface area (Å²) in [5.41, 5.74) is -0.0477. The smallest absolute Gasteiger partial charge is 0.376 e. The SMILES string of the molecule is CN(C)c1ccc(C(F)(F)F)cc1NC(=O)N1CCN(C2CCCC2)CC1. The highest BCUT2D eigenvalue weighted by Crippen LogP contribution is 2.35. The van der Waals surface area contributed by atoms with Crippen molar-refractivity contribution in [3.05, 3.63) is 23.8 Å². The van der Waals surface area contributed by atoms with Crippen LogP contribution in [0.4, 0.5) is 29.3 Å². The van der Waals surface area contributed by atoms with Gasteiger partial charge in [-0.15, -0.1) is 0 Å². The molecule has 1 aromatic rings. The van der Waals surface area contributed by atoms with Crippen molar-refractivity contribution in [3.63, 3.8) is 0 Å². The summed E-state index contributed by atoms with van der Waals surface area (Å²) in [6.07, 6.45) is 0.547. The molecule has 1 saturated carbocycles. The topological polar surface area (TPSA) is 38.8 Å². The highest BCUT2D eigenvalue weighted by molar-refractivity contribution is 5.93. The zero-order valence-corrected chi connectivity index (χ0v) is 15.9. The normalized spacial score (nSPS) is 19.4. The number of carbonyl (C=O) groups is 1. The molecule has 5 nitrogen and oxygen atoms in total. The molecule has 2 amide bonds. The number of alkyl halides is 3. The molecule has 1 N–H and O–H groups in total. The lowest BCUT2D eigenvalue weighted by Crippen LogP contribution is -2.52. The van der Waals surface area contributed by atoms with E-state index in [9.17, 15) is 18.0 Å². The Morgan fingerprint density at radius 3 is 2.30 bits per heavy atom. The molecule has 0 unspecified atom stereocenters. The van der Waals surface area contributed by atoms with Crippen LogP contribution in [0.1, 0.15) is 31.2 Å². The van der Waals surface area contributed by atoms with Gasteiger partial charge in [-0.2, -0.15) is 13.2 Å². The quantitative estimate of drug-likeness (QED) is 0.860. The number of amides is 2. The van der Waals surface area contributed by atoms with E-state index in [1.54, 1.807) is 23.9 Å². The molecule has 0 atom stereocenters. The fourth-order valence-corrected chi connectivity index (χ4v) is 3.96. The van der Waals surface area contributed by atoms with Crippen molar-refractivity contribution in [2.75, 3.05) is 50.5 Å². The zero-order valence-electron chi connectivity index (χ0n) is 15.9. The average molecular weight is 384 g/mol. The maximum atomic E-state index is 13.0. The number of halogens is 3. The number of piperazine rings is 1. The predicted octanol–water partition coefficient (Wildman–Crippen LogP) is 3.86. The summed E-state index contributed by atoms with van der Waals surface area (Å²) in [7, 11) is 3.47. The number of nitrogens with zero attached hydrogens (tertiary/aromatic N) is 3. The monoisotopic (exact) mass is 384 g/mol. The Balaban J connectivity index is 1.66. The molecule has 1 aliphatic heterocycles. The third-order valence-electron chi connectivity index (χ3n) is 5.49. The molecular formula is C19H27F3N4O. The number of hydrogen-bond acceptors (Lipinski definition) is 3. The van der Waals surface area contributed by atoms with Gasteiger partial charge in [0.1, 0.15) is 0 Å². The van der Waals surface area contributed by atoms with E-state index in [2.05, 4.69) is 10.2 Å². The van der Waals surface area contributed by atoms with E-state index in [-0.39, 0.29) is 11.7 Å². The van der Waals surface area contributed by atoms with Gasteiger partial charge in [0.15, 0.2) is 0 Å². The van der Waals surface area contributed by atoms with Crippen LogP contribution in [0.15, 0.2) is 18.2 Å². The number of rotatable bonds is 3. The number of hydrogen-bond donors (Lipinski definition) is 1. The summed E-state index contributed by atoms with van der Waals surface area (Å²) in [5.74, 6) is 0. The zero-order chi connectivity index (χ0) is 19.6. The van der Waals surface area contributed by atoms with Gasteiger partial charge in [0.05, 0.1) is 16.9 Å². The summed E-state index contributed by atoms with van der Waals surface area (Å²) in [4.78, 5) is 18.4. The molecular weight excluding hydrogens is 357 g/mol. The van der Waals surface area contributed by atoms with Gasteiger partial charge in [-0.3, -0.25) is 4.90 Å². The predicted molar refractivity (Wildman–Crippen MR) is 100 cm³/mol. The van der Waals surface area contributed by atoms with Crippen molar-refractivity contribution in [2.24, 2.45) is 0 Å². The largest absolute Gasteiger partial charge is 0.416 e. The van der Waals surface area contributed by atoms with Crippen LogP contribution in [-0.4, -0.2) is 62.1 Å². The molecule has 0 aromatic heterocycles. The lowest BCUT2D eigenvalue weighted by molar-refractivity contribution is -0.137. The van der Waals surface area contributed by atoms with Gasteiger partial charge in [-0.05, 0) is 31.0 Å². The van der Waals surface area contributed by atoms with Crippen LogP contribution in [0.25, 0.3) is 0 Å². The summed E-state index contributed by atoms with van der Waals surface area (Å²) >= 11 is 0. The van der Waals surface area contributed by atoms with Crippen LogP contribution < -0.4 is 10.2 Å². The van der Waals surface area contributed by atoms with Gasteiger partial charge >= 0.3 is 12.2 Å². The Bertz CT molecular complexity index is 663. The second-order valence-corrected chi connectivity index (χ2v) is 7.52. The number of anilines is 2. The van der Waals surface area contributed by atoms with Crippen molar-refractivity contribution in [2.45, 2.75) is 37.9 Å². The number of nitrogens with one attached hydrogen (secondary N) is 1. The van der Waals surface area contributed by atoms with Crippen molar-refractivity contribution in [1.82, 2.24) is 9.80 Å². The summed E-state index contributed by atoms with van der Waals surface area (Å²) in [6, 6.07) is 3.70. The number of carbonyl (C=O) groups excluding carboxylic acids is 1. The summed E-state index contributed by atoms with van der Waals surface area (Å²) in [5, 5.41) is 2.69. The standard InChI is InChI=1S/C19H27F3N4O/c1-24(2)17-8-7-14(19(20,21)22)13-16(17)23-18(27)26-11-9-25(10-12-26)15-5-3-4-6-15/h7-8,13,15H,3-6,9-12H2,1-2H3,(H,23,27). The fraction of sp³-hybridized carbons (Fsp3) is 0.632. The summed E-state index contributed by atoms with van der Waals surface area (Å²) in [6.45, 7) is 2.83. The van der Waals surface area contributed by atoms with Crippen LogP contribution in [0.2, 0.25) is 0 Å². The molecule has 1 aromatic carbocycles. The fourth-order valence-electron chi connectivity index (χ4n) is 3.96. The molecule has 2 fully saturated rings. The summed E-state index contributed by atoms with van der Waals surface area (Å²) < 4.78 is 39.1. The molecule has 8 heteroatoms. The van der Waals surface area contributed by atoms with Gasteiger partial charge in [-0.25, -0.2) is 4.79 Å². The maximum absolute atomic E-state index is 13.0. The van der Waals surface area contributed by atoms with E-state index in [0.29, 0.717) is 24.8 Å². The first-order valence-corrected chi connectivity index (χ1v) is 9.44. The minimum atomic E-state index is -4.45. The Kier molecular flexibility index (Phi) is 5.83. The molecule has 27 heavy (non-hydrogen) atoms. The highest BCUT2D eigenvalue weighted by Gasteiger charge is 2.32.